The second-order valence-electron chi connectivity index (χ2n) is 9.57. The van der Waals surface area contributed by atoms with E-state index < -0.39 is 4.92 Å². The number of hydrogen-bond acceptors (Lipinski definition) is 6. The summed E-state index contributed by atoms with van der Waals surface area (Å²) in [6.07, 6.45) is -0.266. The number of carbonyl (C=O) groups is 2. The minimum Gasteiger partial charge on any atom is -0.368 e. The number of piperazine rings is 1. The van der Waals surface area contributed by atoms with Gasteiger partial charge in [0.2, 0.25) is 0 Å². The molecule has 0 unspecified atom stereocenters. The zero-order valence-electron chi connectivity index (χ0n) is 20.8. The molecule has 0 spiro atoms. The highest BCUT2D eigenvalue weighted by Crippen LogP contribution is 2.35. The first-order valence-electron chi connectivity index (χ1n) is 12.4. The number of nitro benzene ring substituents is 1. The minimum atomic E-state index is -0.409. The molecule has 0 aliphatic carbocycles. The molecule has 0 aromatic heterocycles. The first-order valence-corrected chi connectivity index (χ1v) is 12.4. The highest BCUT2D eigenvalue weighted by Gasteiger charge is 2.37. The van der Waals surface area contributed by atoms with Gasteiger partial charge in [-0.25, -0.2) is 0 Å². The summed E-state index contributed by atoms with van der Waals surface area (Å²) in [6, 6.07) is 21.6. The largest absolute Gasteiger partial charge is 0.368 e. The zero-order valence-corrected chi connectivity index (χ0v) is 20.8. The van der Waals surface area contributed by atoms with E-state index in [1.54, 1.807) is 12.1 Å². The maximum absolute atomic E-state index is 13.1. The minimum absolute atomic E-state index is 0.0165. The summed E-state index contributed by atoms with van der Waals surface area (Å²) in [6.45, 7) is 6.45. The number of nitrogens with zero attached hydrogens (tertiary/aromatic N) is 4. The van der Waals surface area contributed by atoms with Gasteiger partial charge in [0, 0.05) is 72.4 Å². The molecule has 1 N–H and O–H groups in total. The third-order valence-corrected chi connectivity index (χ3v) is 6.98. The van der Waals surface area contributed by atoms with Crippen molar-refractivity contribution in [3.63, 3.8) is 0 Å². The predicted molar refractivity (Wildman–Crippen MR) is 142 cm³/mol. The van der Waals surface area contributed by atoms with E-state index >= 15 is 0 Å². The van der Waals surface area contributed by atoms with Crippen molar-refractivity contribution in [3.8, 4) is 0 Å². The number of benzene rings is 3. The number of rotatable bonds is 6. The highest BCUT2D eigenvalue weighted by atomic mass is 16.6. The van der Waals surface area contributed by atoms with Gasteiger partial charge in [0.25, 0.3) is 17.5 Å². The molecule has 1 atom stereocenters. The van der Waals surface area contributed by atoms with Crippen LogP contribution in [0.1, 0.15) is 46.3 Å². The number of amides is 2. The first-order chi connectivity index (χ1) is 17.8. The molecule has 2 aliphatic rings. The van der Waals surface area contributed by atoms with E-state index in [9.17, 15) is 19.7 Å². The van der Waals surface area contributed by atoms with E-state index in [2.05, 4.69) is 10.2 Å². The Kier molecular flexibility index (Phi) is 6.52. The Morgan fingerprint density at radius 1 is 0.946 bits per heavy atom. The lowest BCUT2D eigenvalue weighted by atomic mass is 10.1. The number of carbonyl (C=O) groups excluding carboxylic acids is 2. The second-order valence-corrected chi connectivity index (χ2v) is 9.57. The van der Waals surface area contributed by atoms with Crippen LogP contribution in [-0.4, -0.2) is 58.8 Å². The molecule has 1 fully saturated rings. The molecule has 5 rings (SSSR count). The first kappa shape index (κ1) is 24.3. The average molecular weight is 500 g/mol. The topological polar surface area (TPSA) is 99.0 Å². The molecule has 0 saturated carbocycles. The zero-order chi connectivity index (χ0) is 26.1. The lowest BCUT2D eigenvalue weighted by molar-refractivity contribution is -0.384. The lowest BCUT2D eigenvalue weighted by Crippen LogP contribution is -2.48. The molecule has 190 valence electrons. The number of hydrogen-bond donors (Lipinski definition) is 1. The van der Waals surface area contributed by atoms with Gasteiger partial charge in [0.1, 0.15) is 6.17 Å². The number of nitro groups is 1. The Hall–Kier alpha value is -4.40. The smallest absolute Gasteiger partial charge is 0.269 e. The van der Waals surface area contributed by atoms with Crippen LogP contribution < -0.4 is 10.2 Å². The van der Waals surface area contributed by atoms with Crippen LogP contribution in [0.25, 0.3) is 0 Å². The lowest BCUT2D eigenvalue weighted by Gasteiger charge is -2.36. The standard InChI is InChI=1S/C28H29N5O4/c1-19(2)32-26(24-5-3-4-6-25(24)28(32)35)29-21-9-7-20(8-10-21)27(34)31-17-15-30(16-18-31)22-11-13-23(14-12-22)33(36)37/h3-14,19,26,29H,15-18H2,1-2H3/t26-/m0/s1. The molecule has 9 heteroatoms. The third kappa shape index (κ3) is 4.72. The molecule has 1 saturated heterocycles. The van der Waals surface area contributed by atoms with Crippen molar-refractivity contribution in [2.24, 2.45) is 0 Å². The highest BCUT2D eigenvalue weighted by molar-refractivity contribution is 5.99. The summed E-state index contributed by atoms with van der Waals surface area (Å²) in [4.78, 5) is 42.3. The summed E-state index contributed by atoms with van der Waals surface area (Å²) in [5, 5.41) is 14.4. The maximum Gasteiger partial charge on any atom is 0.269 e. The van der Waals surface area contributed by atoms with E-state index in [1.807, 2.05) is 72.2 Å². The van der Waals surface area contributed by atoms with Crippen LogP contribution in [0, 0.1) is 10.1 Å². The van der Waals surface area contributed by atoms with Crippen molar-refractivity contribution in [1.29, 1.82) is 0 Å². The molecule has 9 nitrogen and oxygen atoms in total. The van der Waals surface area contributed by atoms with Crippen LogP contribution >= 0.6 is 0 Å². The molecular formula is C28H29N5O4. The Bertz CT molecular complexity index is 1320. The number of anilines is 2. The van der Waals surface area contributed by atoms with Gasteiger partial charge in [-0.15, -0.1) is 0 Å². The maximum atomic E-state index is 13.1. The van der Waals surface area contributed by atoms with E-state index in [-0.39, 0.29) is 29.7 Å². The molecular weight excluding hydrogens is 470 g/mol. The van der Waals surface area contributed by atoms with Crippen molar-refractivity contribution in [2.45, 2.75) is 26.1 Å². The normalized spacial score (nSPS) is 17.2. The van der Waals surface area contributed by atoms with Crippen molar-refractivity contribution < 1.29 is 14.5 Å². The van der Waals surface area contributed by atoms with Gasteiger partial charge >= 0.3 is 0 Å². The van der Waals surface area contributed by atoms with Gasteiger partial charge < -0.3 is 20.0 Å². The van der Waals surface area contributed by atoms with Crippen LogP contribution in [0.2, 0.25) is 0 Å². The van der Waals surface area contributed by atoms with Gasteiger partial charge in [-0.3, -0.25) is 19.7 Å². The van der Waals surface area contributed by atoms with Crippen molar-refractivity contribution in [2.75, 3.05) is 36.4 Å². The summed E-state index contributed by atoms with van der Waals surface area (Å²) < 4.78 is 0. The summed E-state index contributed by atoms with van der Waals surface area (Å²) in [5.41, 5.74) is 4.09. The summed E-state index contributed by atoms with van der Waals surface area (Å²) in [5.74, 6) is -0.0112. The van der Waals surface area contributed by atoms with E-state index in [0.717, 1.165) is 16.9 Å². The monoisotopic (exact) mass is 499 g/mol. The van der Waals surface area contributed by atoms with Gasteiger partial charge in [-0.2, -0.15) is 0 Å². The Labute approximate surface area is 215 Å². The number of nitrogens with one attached hydrogen (secondary N) is 1. The van der Waals surface area contributed by atoms with Gasteiger partial charge in [0.05, 0.1) is 4.92 Å². The molecule has 3 aromatic carbocycles. The molecule has 2 amide bonds. The molecule has 37 heavy (non-hydrogen) atoms. The number of fused-ring (bicyclic) bond motifs is 1. The molecule has 2 aliphatic heterocycles. The van der Waals surface area contributed by atoms with Crippen molar-refractivity contribution in [3.05, 3.63) is 99.6 Å². The number of non-ortho nitro benzene ring substituents is 1. The summed E-state index contributed by atoms with van der Waals surface area (Å²) >= 11 is 0. The van der Waals surface area contributed by atoms with Crippen LogP contribution in [0.15, 0.2) is 72.8 Å². The quantitative estimate of drug-likeness (QED) is 0.395. The SMILES string of the molecule is CC(C)N1C(=O)c2ccccc2[C@H]1Nc1ccc(C(=O)N2CCN(c3ccc([N+](=O)[O-])cc3)CC2)cc1. The fourth-order valence-corrected chi connectivity index (χ4v) is 5.02. The van der Waals surface area contributed by atoms with Crippen LogP contribution in [-0.2, 0) is 0 Å². The average Bonchev–Trinajstić information content (AvgIpc) is 3.20. The molecule has 3 aromatic rings. The summed E-state index contributed by atoms with van der Waals surface area (Å²) in [7, 11) is 0. The molecule has 0 radical (unpaired) electrons. The van der Waals surface area contributed by atoms with Crippen molar-refractivity contribution >= 4 is 28.9 Å². The van der Waals surface area contributed by atoms with Gasteiger partial charge in [0.15, 0.2) is 0 Å². The predicted octanol–water partition coefficient (Wildman–Crippen LogP) is 4.53. The fraction of sp³-hybridized carbons (Fsp3) is 0.286. The molecule has 0 bridgehead atoms. The second kappa shape index (κ2) is 9.93. The van der Waals surface area contributed by atoms with Crippen LogP contribution in [0.3, 0.4) is 0 Å². The Morgan fingerprint density at radius 2 is 1.59 bits per heavy atom. The Balaban J connectivity index is 1.22. The molecule has 2 heterocycles. The third-order valence-electron chi connectivity index (χ3n) is 6.98. The van der Waals surface area contributed by atoms with Gasteiger partial charge in [-0.05, 0) is 56.3 Å². The van der Waals surface area contributed by atoms with E-state index in [0.29, 0.717) is 37.3 Å². The van der Waals surface area contributed by atoms with Crippen LogP contribution in [0.5, 0.6) is 0 Å². The van der Waals surface area contributed by atoms with Crippen LogP contribution in [0.4, 0.5) is 17.1 Å². The Morgan fingerprint density at radius 3 is 2.22 bits per heavy atom. The van der Waals surface area contributed by atoms with Gasteiger partial charge in [-0.1, -0.05) is 18.2 Å². The van der Waals surface area contributed by atoms with Crippen molar-refractivity contribution in [1.82, 2.24) is 9.80 Å². The van der Waals surface area contributed by atoms with E-state index in [1.165, 1.54) is 12.1 Å². The van der Waals surface area contributed by atoms with E-state index in [4.69, 9.17) is 0 Å². The fourth-order valence-electron chi connectivity index (χ4n) is 5.02.